The molecule has 0 radical (unpaired) electrons. The molecule has 0 heterocycles. The summed E-state index contributed by atoms with van der Waals surface area (Å²) in [7, 11) is 0. The number of rotatable bonds is 6. The monoisotopic (exact) mass is 228 g/mol. The van der Waals surface area contributed by atoms with Gasteiger partial charge in [-0.25, -0.2) is 0 Å². The SMILES string of the molecule is CCC(C#N)(CC)C(=O)NC(C)CSC. The van der Waals surface area contributed by atoms with Gasteiger partial charge in [0.25, 0.3) is 0 Å². The van der Waals surface area contributed by atoms with Crippen LogP contribution in [0.3, 0.4) is 0 Å². The number of carbonyl (C=O) groups is 1. The molecule has 1 atom stereocenters. The Kier molecular flexibility index (Phi) is 6.42. The quantitative estimate of drug-likeness (QED) is 0.758. The van der Waals surface area contributed by atoms with Crippen molar-refractivity contribution in [3.8, 4) is 6.07 Å². The van der Waals surface area contributed by atoms with Crippen molar-refractivity contribution < 1.29 is 4.79 Å². The minimum atomic E-state index is -0.841. The lowest BCUT2D eigenvalue weighted by molar-refractivity contribution is -0.129. The third-order valence-electron chi connectivity index (χ3n) is 2.65. The molecule has 0 saturated heterocycles. The highest BCUT2D eigenvalue weighted by atomic mass is 32.2. The van der Waals surface area contributed by atoms with Gasteiger partial charge in [-0.1, -0.05) is 13.8 Å². The smallest absolute Gasteiger partial charge is 0.240 e. The van der Waals surface area contributed by atoms with Crippen molar-refractivity contribution in [3.63, 3.8) is 0 Å². The number of amides is 1. The molecule has 0 spiro atoms. The van der Waals surface area contributed by atoms with Gasteiger partial charge in [0.2, 0.25) is 5.91 Å². The predicted octanol–water partition coefficient (Wildman–Crippen LogP) is 2.18. The molecule has 0 aliphatic rings. The molecular weight excluding hydrogens is 208 g/mol. The Labute approximate surface area is 96.6 Å². The van der Waals surface area contributed by atoms with Crippen LogP contribution in [0.4, 0.5) is 0 Å². The first-order valence-corrected chi connectivity index (χ1v) is 6.66. The zero-order chi connectivity index (χ0) is 11.9. The molecule has 0 aliphatic heterocycles. The summed E-state index contributed by atoms with van der Waals surface area (Å²) < 4.78 is 0. The summed E-state index contributed by atoms with van der Waals surface area (Å²) in [5, 5.41) is 12.0. The minimum absolute atomic E-state index is 0.123. The van der Waals surface area contributed by atoms with E-state index in [4.69, 9.17) is 5.26 Å². The van der Waals surface area contributed by atoms with Crippen LogP contribution in [0.25, 0.3) is 0 Å². The Morgan fingerprint density at radius 1 is 1.53 bits per heavy atom. The summed E-state index contributed by atoms with van der Waals surface area (Å²) in [6.07, 6.45) is 3.13. The van der Waals surface area contributed by atoms with E-state index in [1.807, 2.05) is 27.0 Å². The summed E-state index contributed by atoms with van der Waals surface area (Å²) in [4.78, 5) is 11.9. The molecule has 0 aromatic carbocycles. The first-order valence-electron chi connectivity index (χ1n) is 5.27. The number of nitrogens with one attached hydrogen (secondary N) is 1. The lowest BCUT2D eigenvalue weighted by atomic mass is 9.83. The zero-order valence-corrected chi connectivity index (χ0v) is 10.8. The highest BCUT2D eigenvalue weighted by molar-refractivity contribution is 7.98. The Bertz CT molecular complexity index is 243. The second-order valence-corrected chi connectivity index (χ2v) is 4.64. The van der Waals surface area contributed by atoms with E-state index in [0.717, 1.165) is 5.75 Å². The molecule has 1 amide bonds. The lowest BCUT2D eigenvalue weighted by Gasteiger charge is -2.24. The van der Waals surface area contributed by atoms with Crippen molar-refractivity contribution in [1.82, 2.24) is 5.32 Å². The lowest BCUT2D eigenvalue weighted by Crippen LogP contribution is -2.44. The van der Waals surface area contributed by atoms with Crippen LogP contribution in [-0.2, 0) is 4.79 Å². The number of nitriles is 1. The molecule has 0 saturated carbocycles. The maximum atomic E-state index is 11.9. The van der Waals surface area contributed by atoms with E-state index in [-0.39, 0.29) is 11.9 Å². The van der Waals surface area contributed by atoms with Crippen LogP contribution >= 0.6 is 11.8 Å². The van der Waals surface area contributed by atoms with Crippen LogP contribution in [-0.4, -0.2) is 24.0 Å². The number of hydrogen-bond acceptors (Lipinski definition) is 3. The van der Waals surface area contributed by atoms with Crippen molar-refractivity contribution in [2.75, 3.05) is 12.0 Å². The van der Waals surface area contributed by atoms with Crippen LogP contribution in [0, 0.1) is 16.7 Å². The number of hydrogen-bond donors (Lipinski definition) is 1. The number of thioether (sulfide) groups is 1. The third kappa shape index (κ3) is 3.75. The van der Waals surface area contributed by atoms with Gasteiger partial charge in [0.1, 0.15) is 5.41 Å². The van der Waals surface area contributed by atoms with Gasteiger partial charge < -0.3 is 5.32 Å². The maximum absolute atomic E-state index is 11.9. The molecule has 86 valence electrons. The molecule has 0 bridgehead atoms. The molecule has 15 heavy (non-hydrogen) atoms. The van der Waals surface area contributed by atoms with Gasteiger partial charge in [-0.3, -0.25) is 4.79 Å². The molecular formula is C11H20N2OS. The molecule has 0 fully saturated rings. The van der Waals surface area contributed by atoms with Crippen molar-refractivity contribution in [2.24, 2.45) is 5.41 Å². The van der Waals surface area contributed by atoms with Gasteiger partial charge in [0.15, 0.2) is 0 Å². The van der Waals surface area contributed by atoms with E-state index in [9.17, 15) is 4.79 Å². The first-order chi connectivity index (χ1) is 7.06. The van der Waals surface area contributed by atoms with E-state index in [0.29, 0.717) is 12.8 Å². The molecule has 0 aliphatic carbocycles. The highest BCUT2D eigenvalue weighted by Crippen LogP contribution is 2.25. The molecule has 1 N–H and O–H groups in total. The molecule has 3 nitrogen and oxygen atoms in total. The maximum Gasteiger partial charge on any atom is 0.240 e. The minimum Gasteiger partial charge on any atom is -0.351 e. The molecule has 0 aromatic rings. The summed E-state index contributed by atoms with van der Waals surface area (Å²) >= 11 is 1.69. The number of carbonyl (C=O) groups excluding carboxylic acids is 1. The van der Waals surface area contributed by atoms with Crippen LogP contribution in [0.1, 0.15) is 33.6 Å². The Balaban J connectivity index is 4.47. The summed E-state index contributed by atoms with van der Waals surface area (Å²) in [5.41, 5.74) is -0.841. The summed E-state index contributed by atoms with van der Waals surface area (Å²) in [6, 6.07) is 2.27. The van der Waals surface area contributed by atoms with Crippen LogP contribution in [0.15, 0.2) is 0 Å². The predicted molar refractivity (Wildman–Crippen MR) is 64.6 cm³/mol. The molecule has 1 unspecified atom stereocenters. The fraction of sp³-hybridized carbons (Fsp3) is 0.818. The van der Waals surface area contributed by atoms with Gasteiger partial charge in [-0.05, 0) is 26.0 Å². The van der Waals surface area contributed by atoms with Gasteiger partial charge in [0.05, 0.1) is 6.07 Å². The number of nitrogens with zero attached hydrogens (tertiary/aromatic N) is 1. The largest absolute Gasteiger partial charge is 0.351 e. The second-order valence-electron chi connectivity index (χ2n) is 3.73. The summed E-state index contributed by atoms with van der Waals surface area (Å²) in [5.74, 6) is 0.747. The molecule has 0 aromatic heterocycles. The van der Waals surface area contributed by atoms with E-state index >= 15 is 0 Å². The van der Waals surface area contributed by atoms with Crippen LogP contribution < -0.4 is 5.32 Å². The fourth-order valence-corrected chi connectivity index (χ4v) is 2.02. The van der Waals surface area contributed by atoms with Crippen LogP contribution in [0.2, 0.25) is 0 Å². The van der Waals surface area contributed by atoms with Crippen molar-refractivity contribution in [2.45, 2.75) is 39.7 Å². The standard InChI is InChI=1S/C11H20N2OS/c1-5-11(6-2,8-12)10(14)13-9(3)7-15-4/h9H,5-7H2,1-4H3,(H,13,14). The van der Waals surface area contributed by atoms with Gasteiger partial charge in [-0.2, -0.15) is 17.0 Å². The van der Waals surface area contributed by atoms with E-state index in [2.05, 4.69) is 11.4 Å². The van der Waals surface area contributed by atoms with Crippen LogP contribution in [0.5, 0.6) is 0 Å². The Morgan fingerprint density at radius 2 is 2.07 bits per heavy atom. The van der Waals surface area contributed by atoms with Crippen molar-refractivity contribution in [3.05, 3.63) is 0 Å². The molecule has 0 rings (SSSR count). The highest BCUT2D eigenvalue weighted by Gasteiger charge is 2.35. The van der Waals surface area contributed by atoms with Crippen molar-refractivity contribution in [1.29, 1.82) is 5.26 Å². The zero-order valence-electron chi connectivity index (χ0n) is 9.96. The van der Waals surface area contributed by atoms with Gasteiger partial charge in [-0.15, -0.1) is 0 Å². The van der Waals surface area contributed by atoms with E-state index in [1.165, 1.54) is 0 Å². The van der Waals surface area contributed by atoms with Gasteiger partial charge >= 0.3 is 0 Å². The average molecular weight is 228 g/mol. The summed E-state index contributed by atoms with van der Waals surface area (Å²) in [6.45, 7) is 5.72. The van der Waals surface area contributed by atoms with E-state index in [1.54, 1.807) is 11.8 Å². The van der Waals surface area contributed by atoms with Gasteiger partial charge in [0, 0.05) is 11.8 Å². The topological polar surface area (TPSA) is 52.9 Å². The first kappa shape index (κ1) is 14.3. The fourth-order valence-electron chi connectivity index (χ4n) is 1.43. The van der Waals surface area contributed by atoms with Crippen molar-refractivity contribution >= 4 is 17.7 Å². The van der Waals surface area contributed by atoms with E-state index < -0.39 is 5.41 Å². The third-order valence-corrected chi connectivity index (χ3v) is 3.48. The molecule has 4 heteroatoms. The normalized spacial score (nSPS) is 13.0. The Hall–Kier alpha value is -0.690. The second kappa shape index (κ2) is 6.73. The average Bonchev–Trinajstić information content (AvgIpc) is 2.21. The Morgan fingerprint density at radius 3 is 2.40 bits per heavy atom.